The van der Waals surface area contributed by atoms with Gasteiger partial charge in [0.1, 0.15) is 0 Å². The Morgan fingerprint density at radius 3 is 2.86 bits per heavy atom. The molecule has 1 rings (SSSR count). The Morgan fingerprint density at radius 1 is 1.43 bits per heavy atom. The standard InChI is InChI=1S/C12H25NO/c1-3-11-5-4-6-12(7-11)13-8-10(2)9-14/h10-14H,3-9H2,1-2H3. The van der Waals surface area contributed by atoms with Gasteiger partial charge in [0.25, 0.3) is 0 Å². The van der Waals surface area contributed by atoms with Gasteiger partial charge in [-0.25, -0.2) is 0 Å². The Bertz CT molecular complexity index is 149. The number of hydrogen-bond donors (Lipinski definition) is 2. The molecule has 3 atom stereocenters. The summed E-state index contributed by atoms with van der Waals surface area (Å²) in [4.78, 5) is 0. The van der Waals surface area contributed by atoms with Gasteiger partial charge in [0.2, 0.25) is 0 Å². The number of rotatable bonds is 5. The maximum atomic E-state index is 8.92. The van der Waals surface area contributed by atoms with Crippen molar-refractivity contribution in [1.29, 1.82) is 0 Å². The van der Waals surface area contributed by atoms with Gasteiger partial charge in [-0.1, -0.05) is 33.1 Å². The highest BCUT2D eigenvalue weighted by Gasteiger charge is 2.20. The van der Waals surface area contributed by atoms with Crippen molar-refractivity contribution in [2.75, 3.05) is 13.2 Å². The summed E-state index contributed by atoms with van der Waals surface area (Å²) in [7, 11) is 0. The van der Waals surface area contributed by atoms with E-state index in [0.717, 1.165) is 12.5 Å². The SMILES string of the molecule is CCC1CCCC(NCC(C)CO)C1. The minimum absolute atomic E-state index is 0.303. The summed E-state index contributed by atoms with van der Waals surface area (Å²) in [6.07, 6.45) is 6.80. The third-order valence-electron chi connectivity index (χ3n) is 3.43. The molecule has 0 heterocycles. The largest absolute Gasteiger partial charge is 0.396 e. The smallest absolute Gasteiger partial charge is 0.0468 e. The fourth-order valence-electron chi connectivity index (χ4n) is 2.28. The van der Waals surface area contributed by atoms with Crippen LogP contribution >= 0.6 is 0 Å². The van der Waals surface area contributed by atoms with Crippen molar-refractivity contribution in [3.05, 3.63) is 0 Å². The third-order valence-corrected chi connectivity index (χ3v) is 3.43. The summed E-state index contributed by atoms with van der Waals surface area (Å²) in [6.45, 7) is 5.66. The van der Waals surface area contributed by atoms with Crippen molar-refractivity contribution in [2.24, 2.45) is 11.8 Å². The van der Waals surface area contributed by atoms with Crippen LogP contribution in [0.25, 0.3) is 0 Å². The lowest BCUT2D eigenvalue weighted by Gasteiger charge is -2.29. The Labute approximate surface area is 88.1 Å². The molecule has 0 amide bonds. The number of aliphatic hydroxyl groups excluding tert-OH is 1. The molecule has 0 aliphatic heterocycles. The second kappa shape index (κ2) is 6.41. The Kier molecular flexibility index (Phi) is 5.49. The van der Waals surface area contributed by atoms with Crippen LogP contribution in [0.4, 0.5) is 0 Å². The van der Waals surface area contributed by atoms with E-state index in [2.05, 4.69) is 19.2 Å². The van der Waals surface area contributed by atoms with Gasteiger partial charge in [-0.15, -0.1) is 0 Å². The Morgan fingerprint density at radius 2 is 2.21 bits per heavy atom. The monoisotopic (exact) mass is 199 g/mol. The van der Waals surface area contributed by atoms with E-state index in [4.69, 9.17) is 5.11 Å². The molecular formula is C12H25NO. The molecule has 2 heteroatoms. The molecule has 2 nitrogen and oxygen atoms in total. The van der Waals surface area contributed by atoms with Crippen LogP contribution in [-0.4, -0.2) is 24.3 Å². The minimum atomic E-state index is 0.303. The average molecular weight is 199 g/mol. The van der Waals surface area contributed by atoms with Crippen LogP contribution < -0.4 is 5.32 Å². The molecule has 2 N–H and O–H groups in total. The van der Waals surface area contributed by atoms with Crippen LogP contribution in [0, 0.1) is 11.8 Å². The highest BCUT2D eigenvalue weighted by atomic mass is 16.3. The molecule has 0 saturated heterocycles. The molecule has 0 aromatic carbocycles. The lowest BCUT2D eigenvalue weighted by molar-refractivity contribution is 0.216. The van der Waals surface area contributed by atoms with Gasteiger partial charge >= 0.3 is 0 Å². The van der Waals surface area contributed by atoms with Crippen molar-refractivity contribution >= 4 is 0 Å². The van der Waals surface area contributed by atoms with Gasteiger partial charge in [0, 0.05) is 19.2 Å². The van der Waals surface area contributed by atoms with E-state index >= 15 is 0 Å². The zero-order chi connectivity index (χ0) is 10.4. The zero-order valence-corrected chi connectivity index (χ0v) is 9.63. The predicted octanol–water partition coefficient (Wildman–Crippen LogP) is 2.17. The highest BCUT2D eigenvalue weighted by molar-refractivity contribution is 4.77. The molecule has 0 radical (unpaired) electrons. The van der Waals surface area contributed by atoms with E-state index in [0.29, 0.717) is 18.6 Å². The molecule has 0 aromatic rings. The molecular weight excluding hydrogens is 174 g/mol. The summed E-state index contributed by atoms with van der Waals surface area (Å²) in [5, 5.41) is 12.5. The molecule has 1 aliphatic carbocycles. The normalized spacial score (nSPS) is 30.2. The second-order valence-electron chi connectivity index (χ2n) is 4.83. The zero-order valence-electron chi connectivity index (χ0n) is 9.63. The van der Waals surface area contributed by atoms with E-state index in [-0.39, 0.29) is 0 Å². The van der Waals surface area contributed by atoms with E-state index < -0.39 is 0 Å². The maximum Gasteiger partial charge on any atom is 0.0468 e. The average Bonchev–Trinajstić information content (AvgIpc) is 2.26. The van der Waals surface area contributed by atoms with Gasteiger partial charge in [-0.05, 0) is 24.7 Å². The summed E-state index contributed by atoms with van der Waals surface area (Å²) in [5.41, 5.74) is 0. The first-order valence-electron chi connectivity index (χ1n) is 6.10. The number of nitrogens with one attached hydrogen (secondary N) is 1. The van der Waals surface area contributed by atoms with Crippen LogP contribution in [-0.2, 0) is 0 Å². The van der Waals surface area contributed by atoms with E-state index in [1.54, 1.807) is 0 Å². The molecule has 1 saturated carbocycles. The quantitative estimate of drug-likeness (QED) is 0.711. The van der Waals surface area contributed by atoms with Crippen LogP contribution in [0.2, 0.25) is 0 Å². The number of hydrogen-bond acceptors (Lipinski definition) is 2. The first-order valence-corrected chi connectivity index (χ1v) is 6.10. The molecule has 1 aliphatic rings. The summed E-state index contributed by atoms with van der Waals surface area (Å²) >= 11 is 0. The third kappa shape index (κ3) is 3.97. The van der Waals surface area contributed by atoms with Gasteiger partial charge in [0.15, 0.2) is 0 Å². The van der Waals surface area contributed by atoms with Crippen LogP contribution in [0.1, 0.15) is 46.0 Å². The fourth-order valence-corrected chi connectivity index (χ4v) is 2.28. The molecule has 0 aromatic heterocycles. The van der Waals surface area contributed by atoms with Crippen molar-refractivity contribution in [3.8, 4) is 0 Å². The van der Waals surface area contributed by atoms with Gasteiger partial charge in [-0.3, -0.25) is 0 Å². The van der Waals surface area contributed by atoms with E-state index in [1.165, 1.54) is 32.1 Å². The van der Waals surface area contributed by atoms with Crippen molar-refractivity contribution in [2.45, 2.75) is 52.0 Å². The topological polar surface area (TPSA) is 32.3 Å². The van der Waals surface area contributed by atoms with E-state index in [9.17, 15) is 0 Å². The summed E-state index contributed by atoms with van der Waals surface area (Å²) in [5.74, 6) is 1.34. The van der Waals surface area contributed by atoms with Crippen molar-refractivity contribution < 1.29 is 5.11 Å². The van der Waals surface area contributed by atoms with Crippen LogP contribution in [0.5, 0.6) is 0 Å². The van der Waals surface area contributed by atoms with Gasteiger partial charge < -0.3 is 10.4 Å². The first kappa shape index (κ1) is 12.0. The summed E-state index contributed by atoms with van der Waals surface area (Å²) < 4.78 is 0. The lowest BCUT2D eigenvalue weighted by Crippen LogP contribution is -2.37. The minimum Gasteiger partial charge on any atom is -0.396 e. The Balaban J connectivity index is 2.17. The van der Waals surface area contributed by atoms with Crippen molar-refractivity contribution in [3.63, 3.8) is 0 Å². The predicted molar refractivity (Wildman–Crippen MR) is 60.3 cm³/mol. The number of aliphatic hydroxyl groups is 1. The molecule has 0 bridgehead atoms. The summed E-state index contributed by atoms with van der Waals surface area (Å²) in [6, 6.07) is 0.711. The van der Waals surface area contributed by atoms with Crippen LogP contribution in [0.15, 0.2) is 0 Å². The molecule has 14 heavy (non-hydrogen) atoms. The van der Waals surface area contributed by atoms with Crippen molar-refractivity contribution in [1.82, 2.24) is 5.32 Å². The molecule has 1 fully saturated rings. The Hall–Kier alpha value is -0.0800. The lowest BCUT2D eigenvalue weighted by atomic mass is 9.84. The molecule has 0 spiro atoms. The molecule has 3 unspecified atom stereocenters. The van der Waals surface area contributed by atoms with Crippen LogP contribution in [0.3, 0.4) is 0 Å². The van der Waals surface area contributed by atoms with Gasteiger partial charge in [0.05, 0.1) is 0 Å². The highest BCUT2D eigenvalue weighted by Crippen LogP contribution is 2.26. The maximum absolute atomic E-state index is 8.92. The first-order chi connectivity index (χ1) is 6.76. The van der Waals surface area contributed by atoms with E-state index in [1.807, 2.05) is 0 Å². The van der Waals surface area contributed by atoms with Gasteiger partial charge in [-0.2, -0.15) is 0 Å². The second-order valence-corrected chi connectivity index (χ2v) is 4.83. The fraction of sp³-hybridized carbons (Fsp3) is 1.00. The molecule has 84 valence electrons.